The summed E-state index contributed by atoms with van der Waals surface area (Å²) in [6, 6.07) is 14.2. The van der Waals surface area contributed by atoms with Crippen molar-refractivity contribution in [3.8, 4) is 11.5 Å². The molecule has 7 heteroatoms. The Labute approximate surface area is 215 Å². The molecule has 1 unspecified atom stereocenters. The van der Waals surface area contributed by atoms with E-state index in [1.54, 1.807) is 37.4 Å². The minimum absolute atomic E-state index is 0.0557. The molecule has 4 rings (SSSR count). The number of aliphatic hydroxyl groups excluding tert-OH is 1. The van der Waals surface area contributed by atoms with Gasteiger partial charge in [-0.05, 0) is 84.5 Å². The van der Waals surface area contributed by atoms with Gasteiger partial charge in [-0.15, -0.1) is 0 Å². The molecule has 1 fully saturated rings. The number of hydrogen-bond acceptors (Lipinski definition) is 5. The van der Waals surface area contributed by atoms with E-state index in [-0.39, 0.29) is 28.0 Å². The summed E-state index contributed by atoms with van der Waals surface area (Å²) in [6.45, 7) is 7.88. The number of ether oxygens (including phenoxy) is 1. The van der Waals surface area contributed by atoms with Crippen molar-refractivity contribution in [2.24, 2.45) is 0 Å². The second-order valence-electron chi connectivity index (χ2n) is 9.26. The zero-order chi connectivity index (χ0) is 26.3. The number of aliphatic hydroxyl groups is 1. The highest BCUT2D eigenvalue weighted by Gasteiger charge is 2.47. The molecule has 1 atom stereocenters. The second kappa shape index (κ2) is 9.70. The van der Waals surface area contributed by atoms with Gasteiger partial charge in [-0.25, -0.2) is 0 Å². The fourth-order valence-corrected chi connectivity index (χ4v) is 4.66. The number of ketones is 1. The first kappa shape index (κ1) is 25.3. The number of nitrogens with zero attached hydrogens (tertiary/aromatic N) is 1. The van der Waals surface area contributed by atoms with Crippen molar-refractivity contribution in [3.05, 3.63) is 93.0 Å². The normalized spacial score (nSPS) is 17.2. The van der Waals surface area contributed by atoms with Gasteiger partial charge in [0.1, 0.15) is 17.3 Å². The molecule has 3 aromatic rings. The Kier molecular flexibility index (Phi) is 6.83. The minimum Gasteiger partial charge on any atom is -0.507 e. The molecular formula is C29H28ClNO5. The molecule has 0 saturated carbocycles. The van der Waals surface area contributed by atoms with Crippen molar-refractivity contribution >= 4 is 34.7 Å². The summed E-state index contributed by atoms with van der Waals surface area (Å²) in [6.07, 6.45) is 0. The van der Waals surface area contributed by atoms with Gasteiger partial charge in [-0.1, -0.05) is 37.6 Å². The van der Waals surface area contributed by atoms with Crippen LogP contribution in [0.3, 0.4) is 0 Å². The van der Waals surface area contributed by atoms with E-state index in [1.807, 2.05) is 39.8 Å². The lowest BCUT2D eigenvalue weighted by molar-refractivity contribution is -0.132. The highest BCUT2D eigenvalue weighted by molar-refractivity contribution is 6.51. The first-order valence-electron chi connectivity index (χ1n) is 11.6. The third-order valence-electron chi connectivity index (χ3n) is 6.63. The van der Waals surface area contributed by atoms with Crippen LogP contribution in [0.4, 0.5) is 5.69 Å². The number of methoxy groups -OCH3 is 1. The number of carbonyl (C=O) groups excluding carboxylic acids is 2. The summed E-state index contributed by atoms with van der Waals surface area (Å²) in [7, 11) is 1.57. The number of hydrogen-bond donors (Lipinski definition) is 2. The number of rotatable bonds is 5. The zero-order valence-electron chi connectivity index (χ0n) is 20.8. The molecule has 0 aromatic heterocycles. The number of aryl methyl sites for hydroxylation is 2. The van der Waals surface area contributed by atoms with Gasteiger partial charge in [0.05, 0.1) is 23.7 Å². The Bertz CT molecular complexity index is 1410. The van der Waals surface area contributed by atoms with E-state index < -0.39 is 17.7 Å². The van der Waals surface area contributed by atoms with Gasteiger partial charge in [0.15, 0.2) is 0 Å². The maximum atomic E-state index is 13.4. The molecule has 0 bridgehead atoms. The fraction of sp³-hybridized carbons (Fsp3) is 0.241. The molecule has 1 aliphatic heterocycles. The Hall–Kier alpha value is -3.77. The number of carbonyl (C=O) groups is 2. The second-order valence-corrected chi connectivity index (χ2v) is 9.67. The van der Waals surface area contributed by atoms with Gasteiger partial charge in [0.2, 0.25) is 0 Å². The molecule has 2 N–H and O–H groups in total. The van der Waals surface area contributed by atoms with Gasteiger partial charge in [-0.2, -0.15) is 0 Å². The Morgan fingerprint density at radius 3 is 2.33 bits per heavy atom. The van der Waals surface area contributed by atoms with Crippen molar-refractivity contribution in [3.63, 3.8) is 0 Å². The van der Waals surface area contributed by atoms with Crippen molar-refractivity contribution in [1.29, 1.82) is 0 Å². The SMILES string of the molecule is COc1ccc(/C(O)=C2/C(=O)C(=O)N(c3ccc(C)c(C)c3)C2c2ccc(O)c(Cl)c2)cc1C(C)C. The first-order chi connectivity index (χ1) is 17.0. The van der Waals surface area contributed by atoms with Crippen LogP contribution in [-0.2, 0) is 9.59 Å². The van der Waals surface area contributed by atoms with E-state index in [1.165, 1.54) is 17.0 Å². The standard InChI is InChI=1S/C29H28ClNO5/c1-15(2)21-13-19(8-11-24(21)36-5)27(33)25-26(18-7-10-23(32)22(30)14-18)31(29(35)28(25)34)20-9-6-16(3)17(4)12-20/h6-15,26,32-33H,1-5H3/b27-25-. The van der Waals surface area contributed by atoms with Crippen molar-refractivity contribution < 1.29 is 24.5 Å². The third kappa shape index (κ3) is 4.33. The average molecular weight is 506 g/mol. The van der Waals surface area contributed by atoms with Crippen LogP contribution in [0, 0.1) is 13.8 Å². The summed E-state index contributed by atoms with van der Waals surface area (Å²) in [5.74, 6) is -1.22. The highest BCUT2D eigenvalue weighted by atomic mass is 35.5. The molecule has 1 aliphatic rings. The number of anilines is 1. The van der Waals surface area contributed by atoms with Crippen LogP contribution in [0.15, 0.2) is 60.2 Å². The molecule has 186 valence electrons. The monoisotopic (exact) mass is 505 g/mol. The van der Waals surface area contributed by atoms with E-state index in [0.717, 1.165) is 16.7 Å². The lowest BCUT2D eigenvalue weighted by Crippen LogP contribution is -2.29. The van der Waals surface area contributed by atoms with E-state index in [0.29, 0.717) is 22.6 Å². The van der Waals surface area contributed by atoms with Gasteiger partial charge >= 0.3 is 0 Å². The molecule has 0 aliphatic carbocycles. The molecule has 1 saturated heterocycles. The maximum absolute atomic E-state index is 13.4. The van der Waals surface area contributed by atoms with E-state index in [9.17, 15) is 19.8 Å². The quantitative estimate of drug-likeness (QED) is 0.237. The van der Waals surface area contributed by atoms with Crippen molar-refractivity contribution in [2.45, 2.75) is 39.7 Å². The summed E-state index contributed by atoms with van der Waals surface area (Å²) >= 11 is 6.21. The molecule has 3 aromatic carbocycles. The van der Waals surface area contributed by atoms with Crippen LogP contribution in [0.2, 0.25) is 5.02 Å². The Morgan fingerprint density at radius 1 is 1.00 bits per heavy atom. The molecule has 1 heterocycles. The summed E-state index contributed by atoms with van der Waals surface area (Å²) in [5.41, 5.74) is 4.19. The Morgan fingerprint density at radius 2 is 1.72 bits per heavy atom. The number of benzene rings is 3. The number of amides is 1. The van der Waals surface area contributed by atoms with Crippen LogP contribution in [0.5, 0.6) is 11.5 Å². The number of phenolic OH excluding ortho intramolecular Hbond substituents is 1. The highest BCUT2D eigenvalue weighted by Crippen LogP contribution is 2.44. The molecule has 6 nitrogen and oxygen atoms in total. The molecule has 0 spiro atoms. The number of phenols is 1. The first-order valence-corrected chi connectivity index (χ1v) is 12.0. The number of halogens is 1. The minimum atomic E-state index is -0.949. The summed E-state index contributed by atoms with van der Waals surface area (Å²) in [4.78, 5) is 28.2. The van der Waals surface area contributed by atoms with Gasteiger partial charge < -0.3 is 14.9 Å². The smallest absolute Gasteiger partial charge is 0.300 e. The van der Waals surface area contributed by atoms with E-state index in [2.05, 4.69) is 0 Å². The molecule has 1 amide bonds. The van der Waals surface area contributed by atoms with Crippen LogP contribution >= 0.6 is 11.6 Å². The fourth-order valence-electron chi connectivity index (χ4n) is 4.47. The zero-order valence-corrected chi connectivity index (χ0v) is 21.6. The average Bonchev–Trinajstić information content (AvgIpc) is 3.12. The third-order valence-corrected chi connectivity index (χ3v) is 6.93. The molecule has 0 radical (unpaired) electrons. The molecular weight excluding hydrogens is 478 g/mol. The van der Waals surface area contributed by atoms with Crippen LogP contribution in [0.1, 0.15) is 53.6 Å². The Balaban J connectivity index is 1.98. The maximum Gasteiger partial charge on any atom is 0.300 e. The lowest BCUT2D eigenvalue weighted by Gasteiger charge is -2.26. The van der Waals surface area contributed by atoms with Crippen LogP contribution in [0.25, 0.3) is 5.76 Å². The number of Topliss-reactive ketones (excluding diaryl/α,β-unsaturated/α-hetero) is 1. The number of aromatic hydroxyl groups is 1. The van der Waals surface area contributed by atoms with Crippen LogP contribution < -0.4 is 9.64 Å². The van der Waals surface area contributed by atoms with Gasteiger partial charge in [0, 0.05) is 11.3 Å². The topological polar surface area (TPSA) is 87.1 Å². The van der Waals surface area contributed by atoms with Crippen molar-refractivity contribution in [2.75, 3.05) is 12.0 Å². The van der Waals surface area contributed by atoms with Crippen molar-refractivity contribution in [1.82, 2.24) is 0 Å². The lowest BCUT2D eigenvalue weighted by atomic mass is 9.93. The largest absolute Gasteiger partial charge is 0.507 e. The predicted octanol–water partition coefficient (Wildman–Crippen LogP) is 6.42. The van der Waals surface area contributed by atoms with E-state index >= 15 is 0 Å². The van der Waals surface area contributed by atoms with Gasteiger partial charge in [-0.3, -0.25) is 14.5 Å². The molecule has 36 heavy (non-hydrogen) atoms. The van der Waals surface area contributed by atoms with E-state index in [4.69, 9.17) is 16.3 Å². The predicted molar refractivity (Wildman–Crippen MR) is 141 cm³/mol. The van der Waals surface area contributed by atoms with Gasteiger partial charge in [0.25, 0.3) is 11.7 Å². The summed E-state index contributed by atoms with van der Waals surface area (Å²) in [5, 5.41) is 21.5. The van der Waals surface area contributed by atoms with Crippen LogP contribution in [-0.4, -0.2) is 29.0 Å². The summed E-state index contributed by atoms with van der Waals surface area (Å²) < 4.78 is 5.45.